The van der Waals surface area contributed by atoms with Crippen molar-refractivity contribution >= 4 is 6.09 Å². The molecule has 104 valence electrons. The average molecular weight is 263 g/mol. The molecule has 1 aliphatic heterocycles. The van der Waals surface area contributed by atoms with E-state index in [1.54, 1.807) is 0 Å². The molecule has 1 aliphatic rings. The Hall–Kier alpha value is -1.59. The zero-order valence-corrected chi connectivity index (χ0v) is 11.0. The van der Waals surface area contributed by atoms with E-state index in [4.69, 9.17) is 10.5 Å². The third-order valence-corrected chi connectivity index (χ3v) is 3.14. The van der Waals surface area contributed by atoms with Gasteiger partial charge in [-0.1, -0.05) is 30.3 Å². The fraction of sp³-hybridized carbons (Fsp3) is 0.500. The van der Waals surface area contributed by atoms with E-state index < -0.39 is 0 Å². The molecule has 0 aromatic heterocycles. The summed E-state index contributed by atoms with van der Waals surface area (Å²) in [6.45, 7) is 3.78. The monoisotopic (exact) mass is 263 g/mol. The predicted molar refractivity (Wildman–Crippen MR) is 73.7 cm³/mol. The number of amides is 1. The summed E-state index contributed by atoms with van der Waals surface area (Å²) in [4.78, 5) is 13.3. The van der Waals surface area contributed by atoms with Gasteiger partial charge in [-0.05, 0) is 25.1 Å². The van der Waals surface area contributed by atoms with E-state index in [1.807, 2.05) is 18.2 Å². The lowest BCUT2D eigenvalue weighted by Crippen LogP contribution is -2.35. The molecule has 1 aromatic carbocycles. The van der Waals surface area contributed by atoms with Crippen LogP contribution in [0, 0.1) is 0 Å². The normalized spacial score (nSPS) is 18.4. The van der Waals surface area contributed by atoms with Crippen LogP contribution in [0.2, 0.25) is 0 Å². The molecule has 0 saturated carbocycles. The van der Waals surface area contributed by atoms with Gasteiger partial charge in [-0.3, -0.25) is 4.90 Å². The van der Waals surface area contributed by atoms with Gasteiger partial charge in [0.25, 0.3) is 0 Å². The number of rotatable bonds is 7. The molecule has 3 N–H and O–H groups in total. The first-order valence-corrected chi connectivity index (χ1v) is 6.69. The lowest BCUT2D eigenvalue weighted by molar-refractivity contribution is 0.105. The van der Waals surface area contributed by atoms with Gasteiger partial charge in [0.15, 0.2) is 0 Å². The Morgan fingerprint density at radius 3 is 2.79 bits per heavy atom. The van der Waals surface area contributed by atoms with Crippen LogP contribution in [0.1, 0.15) is 12.0 Å². The summed E-state index contributed by atoms with van der Waals surface area (Å²) in [5.74, 6) is 0. The summed E-state index contributed by atoms with van der Waals surface area (Å²) in [7, 11) is 0. The first kappa shape index (κ1) is 13.8. The van der Waals surface area contributed by atoms with Gasteiger partial charge in [0.2, 0.25) is 0 Å². The van der Waals surface area contributed by atoms with Crippen LogP contribution in [0.15, 0.2) is 30.3 Å². The van der Waals surface area contributed by atoms with Gasteiger partial charge in [-0.2, -0.15) is 0 Å². The largest absolute Gasteiger partial charge is 0.443 e. The second kappa shape index (κ2) is 7.11. The number of nitrogens with zero attached hydrogens (tertiary/aromatic N) is 1. The van der Waals surface area contributed by atoms with E-state index in [9.17, 15) is 4.79 Å². The van der Waals surface area contributed by atoms with Crippen molar-refractivity contribution < 1.29 is 9.53 Å². The lowest BCUT2D eigenvalue weighted by Gasteiger charge is -2.24. The molecule has 2 rings (SSSR count). The first-order chi connectivity index (χ1) is 9.28. The number of benzene rings is 1. The Kier molecular flexibility index (Phi) is 5.18. The molecule has 1 unspecified atom stereocenters. The zero-order valence-electron chi connectivity index (χ0n) is 11.0. The minimum absolute atomic E-state index is 0.0611. The van der Waals surface area contributed by atoms with Crippen LogP contribution in [0.5, 0.6) is 0 Å². The third-order valence-electron chi connectivity index (χ3n) is 3.14. The Morgan fingerprint density at radius 2 is 2.16 bits per heavy atom. The maximum absolute atomic E-state index is 11.0. The second-order valence-electron chi connectivity index (χ2n) is 4.77. The van der Waals surface area contributed by atoms with Gasteiger partial charge in [0, 0.05) is 13.1 Å². The van der Waals surface area contributed by atoms with E-state index in [0.29, 0.717) is 13.1 Å². The average Bonchev–Trinajstić information content (AvgIpc) is 2.82. The number of hydrogen-bond donors (Lipinski definition) is 2. The van der Waals surface area contributed by atoms with Gasteiger partial charge >= 0.3 is 6.09 Å². The fourth-order valence-corrected chi connectivity index (χ4v) is 2.21. The molecular weight excluding hydrogens is 242 g/mol. The highest BCUT2D eigenvalue weighted by atomic mass is 16.6. The lowest BCUT2D eigenvalue weighted by atomic mass is 10.2. The van der Waals surface area contributed by atoms with Crippen molar-refractivity contribution in [3.63, 3.8) is 0 Å². The Bertz CT molecular complexity index is 397. The first-order valence-electron chi connectivity index (χ1n) is 6.69. The van der Waals surface area contributed by atoms with Gasteiger partial charge in [-0.15, -0.1) is 0 Å². The molecule has 5 nitrogen and oxygen atoms in total. The molecule has 1 amide bonds. The van der Waals surface area contributed by atoms with Crippen LogP contribution in [0.4, 0.5) is 4.79 Å². The molecule has 1 atom stereocenters. The van der Waals surface area contributed by atoms with Crippen molar-refractivity contribution in [2.45, 2.75) is 19.1 Å². The molecular formula is C14H21N3O2. The van der Waals surface area contributed by atoms with Crippen molar-refractivity contribution in [1.29, 1.82) is 0 Å². The standard InChI is InChI=1S/C14H21N3O2/c15-7-4-8-17(10-12-5-2-1-3-6-12)11-13-9-16-14(18)19-13/h1-3,5-6,13H,4,7-11,15H2,(H,16,18). The molecule has 1 fully saturated rings. The summed E-state index contributed by atoms with van der Waals surface area (Å²) in [6, 6.07) is 10.3. The quantitative estimate of drug-likeness (QED) is 0.768. The van der Waals surface area contributed by atoms with Crippen LogP contribution < -0.4 is 11.1 Å². The van der Waals surface area contributed by atoms with Crippen molar-refractivity contribution in [3.8, 4) is 0 Å². The number of ether oxygens (including phenoxy) is 1. The maximum Gasteiger partial charge on any atom is 0.407 e. The number of nitrogens with two attached hydrogens (primary N) is 1. The van der Waals surface area contributed by atoms with Crippen molar-refractivity contribution in [2.75, 3.05) is 26.2 Å². The van der Waals surface area contributed by atoms with Gasteiger partial charge in [-0.25, -0.2) is 4.79 Å². The number of cyclic esters (lactones) is 1. The maximum atomic E-state index is 11.0. The highest BCUT2D eigenvalue weighted by Gasteiger charge is 2.24. The molecule has 1 saturated heterocycles. The summed E-state index contributed by atoms with van der Waals surface area (Å²) in [5, 5.41) is 2.68. The number of hydrogen-bond acceptors (Lipinski definition) is 4. The molecule has 1 heterocycles. The van der Waals surface area contributed by atoms with E-state index >= 15 is 0 Å². The Morgan fingerprint density at radius 1 is 1.37 bits per heavy atom. The van der Waals surface area contributed by atoms with Crippen molar-refractivity contribution in [1.82, 2.24) is 10.2 Å². The molecule has 19 heavy (non-hydrogen) atoms. The molecule has 0 bridgehead atoms. The SMILES string of the molecule is NCCCN(Cc1ccccc1)CC1CNC(=O)O1. The van der Waals surface area contributed by atoms with E-state index in [1.165, 1.54) is 5.56 Å². The topological polar surface area (TPSA) is 67.6 Å². The van der Waals surface area contributed by atoms with Crippen LogP contribution in [0.25, 0.3) is 0 Å². The van der Waals surface area contributed by atoms with Crippen molar-refractivity contribution in [2.24, 2.45) is 5.73 Å². The Balaban J connectivity index is 1.89. The minimum atomic E-state index is -0.316. The number of alkyl carbamates (subject to hydrolysis) is 1. The second-order valence-corrected chi connectivity index (χ2v) is 4.77. The van der Waals surface area contributed by atoms with Gasteiger partial charge < -0.3 is 15.8 Å². The highest BCUT2D eigenvalue weighted by molar-refractivity contribution is 5.69. The number of carbonyl (C=O) groups excluding carboxylic acids is 1. The van der Waals surface area contributed by atoms with Crippen LogP contribution in [-0.2, 0) is 11.3 Å². The minimum Gasteiger partial charge on any atom is -0.443 e. The van der Waals surface area contributed by atoms with Crippen LogP contribution >= 0.6 is 0 Å². The summed E-state index contributed by atoms with van der Waals surface area (Å²) >= 11 is 0. The molecule has 1 aromatic rings. The van der Waals surface area contributed by atoms with E-state index in [0.717, 1.165) is 26.1 Å². The zero-order chi connectivity index (χ0) is 13.5. The third kappa shape index (κ3) is 4.54. The predicted octanol–water partition coefficient (Wildman–Crippen LogP) is 0.946. The smallest absolute Gasteiger partial charge is 0.407 e. The van der Waals surface area contributed by atoms with Crippen LogP contribution in [-0.4, -0.2) is 43.3 Å². The summed E-state index contributed by atoms with van der Waals surface area (Å²) in [5.41, 5.74) is 6.84. The Labute approximate surface area is 113 Å². The van der Waals surface area contributed by atoms with Gasteiger partial charge in [0.1, 0.15) is 6.10 Å². The molecule has 0 radical (unpaired) electrons. The number of nitrogens with one attached hydrogen (secondary N) is 1. The highest BCUT2D eigenvalue weighted by Crippen LogP contribution is 2.09. The summed E-state index contributed by atoms with van der Waals surface area (Å²) in [6.07, 6.45) is 0.568. The molecule has 0 aliphatic carbocycles. The number of carbonyl (C=O) groups is 1. The van der Waals surface area contributed by atoms with Crippen molar-refractivity contribution in [3.05, 3.63) is 35.9 Å². The summed E-state index contributed by atoms with van der Waals surface area (Å²) < 4.78 is 5.19. The van der Waals surface area contributed by atoms with E-state index in [2.05, 4.69) is 22.3 Å². The van der Waals surface area contributed by atoms with Gasteiger partial charge in [0.05, 0.1) is 6.54 Å². The van der Waals surface area contributed by atoms with Crippen LogP contribution in [0.3, 0.4) is 0 Å². The molecule has 0 spiro atoms. The molecule has 5 heteroatoms. The fourth-order valence-electron chi connectivity index (χ4n) is 2.21. The van der Waals surface area contributed by atoms with E-state index in [-0.39, 0.29) is 12.2 Å².